The Kier molecular flexibility index (Phi) is 10.8. The molecule has 1 aliphatic heterocycles. The van der Waals surface area contributed by atoms with E-state index < -0.39 is 0 Å². The Labute approximate surface area is 194 Å². The predicted octanol–water partition coefficient (Wildman–Crippen LogP) is 3.00. The molecule has 8 heteroatoms. The maximum atomic E-state index is 11.9. The minimum Gasteiger partial charge on any atom is -0.381 e. The number of likely N-dealkylation sites (N-methyl/N-ethyl adjacent to an activating group) is 1. The smallest absolute Gasteiger partial charge is 0.243 e. The van der Waals surface area contributed by atoms with Gasteiger partial charge in [0.05, 0.1) is 6.61 Å². The summed E-state index contributed by atoms with van der Waals surface area (Å²) in [5.74, 6) is 1.13. The van der Waals surface area contributed by atoms with Crippen molar-refractivity contribution in [2.45, 2.75) is 25.7 Å². The molecule has 0 spiro atoms. The lowest BCUT2D eigenvalue weighted by molar-refractivity contribution is -0.127. The Morgan fingerprint density at radius 2 is 2.04 bits per heavy atom. The van der Waals surface area contributed by atoms with E-state index >= 15 is 0 Å². The molecule has 6 nitrogen and oxygen atoms in total. The molecule has 1 aromatic carbocycles. The second kappa shape index (κ2) is 12.0. The zero-order valence-electron chi connectivity index (χ0n) is 17.1. The Bertz CT molecular complexity index is 661. The third-order valence-electron chi connectivity index (χ3n) is 4.75. The number of ether oxygens (including phenoxy) is 1. The van der Waals surface area contributed by atoms with Crippen LogP contribution in [0.1, 0.15) is 25.8 Å². The minimum absolute atomic E-state index is 0. The lowest BCUT2D eigenvalue weighted by Crippen LogP contribution is -2.45. The van der Waals surface area contributed by atoms with Crippen molar-refractivity contribution in [2.75, 3.05) is 46.9 Å². The molecule has 158 valence electrons. The molecule has 0 aliphatic carbocycles. The van der Waals surface area contributed by atoms with E-state index in [0.717, 1.165) is 30.7 Å². The van der Waals surface area contributed by atoms with E-state index in [1.807, 2.05) is 12.1 Å². The molecule has 0 radical (unpaired) electrons. The van der Waals surface area contributed by atoms with Crippen LogP contribution >= 0.6 is 39.9 Å². The lowest BCUT2D eigenvalue weighted by Gasteiger charge is -2.28. The van der Waals surface area contributed by atoms with Gasteiger partial charge >= 0.3 is 0 Å². The predicted molar refractivity (Wildman–Crippen MR) is 129 cm³/mol. The van der Waals surface area contributed by atoms with Gasteiger partial charge in [-0.05, 0) is 18.1 Å². The Morgan fingerprint density at radius 3 is 2.64 bits per heavy atom. The van der Waals surface area contributed by atoms with E-state index in [0.29, 0.717) is 18.4 Å². The van der Waals surface area contributed by atoms with E-state index in [1.54, 1.807) is 19.0 Å². The first-order valence-electron chi connectivity index (χ1n) is 9.34. The number of carbonyl (C=O) groups is 1. The average Bonchev–Trinajstić information content (AvgIpc) is 3.14. The van der Waals surface area contributed by atoms with Gasteiger partial charge in [0.1, 0.15) is 6.54 Å². The van der Waals surface area contributed by atoms with E-state index in [4.69, 9.17) is 4.74 Å². The van der Waals surface area contributed by atoms with Gasteiger partial charge in [-0.25, -0.2) is 4.99 Å². The van der Waals surface area contributed by atoms with Crippen molar-refractivity contribution < 1.29 is 9.53 Å². The van der Waals surface area contributed by atoms with E-state index in [-0.39, 0.29) is 41.8 Å². The molecule has 1 aromatic rings. The van der Waals surface area contributed by atoms with Gasteiger partial charge in [0.25, 0.3) is 0 Å². The van der Waals surface area contributed by atoms with Crippen LogP contribution in [0.3, 0.4) is 0 Å². The molecule has 1 fully saturated rings. The molecule has 1 unspecified atom stereocenters. The zero-order chi connectivity index (χ0) is 19.9. The molecule has 1 aliphatic rings. The van der Waals surface area contributed by atoms with E-state index in [9.17, 15) is 4.79 Å². The van der Waals surface area contributed by atoms with Crippen LogP contribution in [0.25, 0.3) is 0 Å². The van der Waals surface area contributed by atoms with Crippen LogP contribution in [-0.2, 0) is 14.9 Å². The monoisotopic (exact) mass is 566 g/mol. The van der Waals surface area contributed by atoms with Crippen molar-refractivity contribution >= 4 is 51.8 Å². The number of nitrogens with one attached hydrogen (secondary N) is 2. The molecular formula is C20H32BrIN4O2. The molecule has 2 rings (SSSR count). The van der Waals surface area contributed by atoms with Crippen LogP contribution in [0.4, 0.5) is 0 Å². The van der Waals surface area contributed by atoms with Gasteiger partial charge in [0, 0.05) is 49.6 Å². The molecule has 1 atom stereocenters. The van der Waals surface area contributed by atoms with Gasteiger partial charge < -0.3 is 20.3 Å². The van der Waals surface area contributed by atoms with E-state index in [1.165, 1.54) is 5.56 Å². The number of carbonyl (C=O) groups excluding carboxylic acids is 1. The number of aliphatic imine (C=N–C) groups is 1. The van der Waals surface area contributed by atoms with Crippen molar-refractivity contribution in [3.63, 3.8) is 0 Å². The summed E-state index contributed by atoms with van der Waals surface area (Å²) in [5.41, 5.74) is 1.12. The summed E-state index contributed by atoms with van der Waals surface area (Å²) in [6.45, 7) is 7.58. The topological polar surface area (TPSA) is 66.0 Å². The van der Waals surface area contributed by atoms with Crippen LogP contribution in [-0.4, -0.2) is 63.7 Å². The van der Waals surface area contributed by atoms with Crippen LogP contribution in [0, 0.1) is 5.92 Å². The molecule has 28 heavy (non-hydrogen) atoms. The maximum Gasteiger partial charge on any atom is 0.243 e. The highest BCUT2D eigenvalue weighted by atomic mass is 127. The number of benzene rings is 1. The van der Waals surface area contributed by atoms with Gasteiger partial charge in [-0.2, -0.15) is 0 Å². The van der Waals surface area contributed by atoms with Crippen LogP contribution in [0.5, 0.6) is 0 Å². The summed E-state index contributed by atoms with van der Waals surface area (Å²) < 4.78 is 6.53. The third-order valence-corrected chi connectivity index (χ3v) is 5.45. The third kappa shape index (κ3) is 7.87. The van der Waals surface area contributed by atoms with Crippen molar-refractivity contribution in [3.8, 4) is 0 Å². The molecule has 2 N–H and O–H groups in total. The highest BCUT2D eigenvalue weighted by molar-refractivity contribution is 14.0. The molecule has 1 heterocycles. The number of rotatable bonds is 7. The first-order chi connectivity index (χ1) is 12.8. The van der Waals surface area contributed by atoms with Crippen molar-refractivity contribution in [1.29, 1.82) is 0 Å². The Morgan fingerprint density at radius 1 is 1.32 bits per heavy atom. The summed E-state index contributed by atoms with van der Waals surface area (Å²) in [7, 11) is 3.48. The van der Waals surface area contributed by atoms with Gasteiger partial charge in [-0.3, -0.25) is 4.79 Å². The summed E-state index contributed by atoms with van der Waals surface area (Å²) in [5, 5.41) is 6.78. The second-order valence-electron chi connectivity index (χ2n) is 7.78. The minimum atomic E-state index is -0.107. The van der Waals surface area contributed by atoms with Crippen LogP contribution < -0.4 is 10.6 Å². The first kappa shape index (κ1) is 25.2. The zero-order valence-corrected chi connectivity index (χ0v) is 21.0. The number of hydrogen-bond acceptors (Lipinski definition) is 3. The number of guanidine groups is 1. The fourth-order valence-corrected chi connectivity index (χ4v) is 3.68. The fourth-order valence-electron chi connectivity index (χ4n) is 2.86. The van der Waals surface area contributed by atoms with Crippen molar-refractivity contribution in [3.05, 3.63) is 34.3 Å². The summed E-state index contributed by atoms with van der Waals surface area (Å²) in [6.07, 6.45) is 1.05. The molecule has 0 bridgehead atoms. The SMILES string of the molecule is CN(C)C(=O)CN=C(NCC1CCOC1)NCC(C)(C)c1ccccc1Br.I. The normalized spacial score (nSPS) is 17.0. The number of nitrogens with zero attached hydrogens (tertiary/aromatic N) is 2. The summed E-state index contributed by atoms with van der Waals surface area (Å²) in [4.78, 5) is 17.9. The van der Waals surface area contributed by atoms with Gasteiger partial charge in [0.15, 0.2) is 5.96 Å². The Balaban J connectivity index is 0.00000392. The van der Waals surface area contributed by atoms with E-state index in [2.05, 4.69) is 57.5 Å². The fraction of sp³-hybridized carbons (Fsp3) is 0.600. The number of halogens is 2. The first-order valence-corrected chi connectivity index (χ1v) is 10.1. The molecule has 0 aromatic heterocycles. The molecular weight excluding hydrogens is 535 g/mol. The average molecular weight is 567 g/mol. The van der Waals surface area contributed by atoms with Crippen molar-refractivity contribution in [2.24, 2.45) is 10.9 Å². The lowest BCUT2D eigenvalue weighted by atomic mass is 9.84. The van der Waals surface area contributed by atoms with Crippen LogP contribution in [0.15, 0.2) is 33.7 Å². The standard InChI is InChI=1S/C20H31BrN4O2.HI/c1-20(2,16-7-5-6-8-17(16)21)14-24-19(23-12-18(26)25(3)4)22-11-15-9-10-27-13-15;/h5-8,15H,9-14H2,1-4H3,(H2,22,23,24);1H. The van der Waals surface area contributed by atoms with Gasteiger partial charge in [0.2, 0.25) is 5.91 Å². The second-order valence-corrected chi connectivity index (χ2v) is 8.64. The number of hydrogen-bond donors (Lipinski definition) is 2. The quantitative estimate of drug-likeness (QED) is 0.302. The Hall–Kier alpha value is -0.870. The maximum absolute atomic E-state index is 11.9. The largest absolute Gasteiger partial charge is 0.381 e. The molecule has 1 saturated heterocycles. The highest BCUT2D eigenvalue weighted by Gasteiger charge is 2.23. The van der Waals surface area contributed by atoms with Crippen molar-refractivity contribution in [1.82, 2.24) is 15.5 Å². The highest BCUT2D eigenvalue weighted by Crippen LogP contribution is 2.29. The van der Waals surface area contributed by atoms with Gasteiger partial charge in [-0.1, -0.05) is 48.0 Å². The summed E-state index contributed by atoms with van der Waals surface area (Å²) in [6, 6.07) is 8.24. The molecule has 0 saturated carbocycles. The van der Waals surface area contributed by atoms with Crippen LogP contribution in [0.2, 0.25) is 0 Å². The molecule has 1 amide bonds. The van der Waals surface area contributed by atoms with Gasteiger partial charge in [-0.15, -0.1) is 24.0 Å². The summed E-state index contributed by atoms with van der Waals surface area (Å²) >= 11 is 3.64. The number of amides is 1.